The second kappa shape index (κ2) is 9.39. The standard InChI is InChI=1S/C22H31N2OP/c1-2-19-26(25,22-12-7-4-8-13-22)20-9-14-23-15-17-24(18-16-23)21-10-5-3-6-11-21/h3-8,10-13H,2,9,14-20H2,1H3. The number of para-hydroxylation sites is 1. The van der Waals surface area contributed by atoms with E-state index in [9.17, 15) is 4.57 Å². The SMILES string of the molecule is CCCP(=O)(CCCN1CCN(c2ccccc2)CC1)c1ccccc1. The normalized spacial score (nSPS) is 17.8. The minimum atomic E-state index is -2.24. The molecule has 0 aromatic heterocycles. The molecule has 0 radical (unpaired) electrons. The highest BCUT2D eigenvalue weighted by Crippen LogP contribution is 2.45. The molecule has 3 nitrogen and oxygen atoms in total. The third-order valence-corrected chi connectivity index (χ3v) is 8.75. The van der Waals surface area contributed by atoms with Gasteiger partial charge < -0.3 is 9.46 Å². The summed E-state index contributed by atoms with van der Waals surface area (Å²) in [5.41, 5.74) is 1.32. The van der Waals surface area contributed by atoms with Crippen molar-refractivity contribution in [3.8, 4) is 0 Å². The first-order valence-corrected chi connectivity index (χ1v) is 11.9. The number of rotatable bonds is 8. The Balaban J connectivity index is 1.48. The first-order valence-electron chi connectivity index (χ1n) is 9.87. The van der Waals surface area contributed by atoms with Crippen LogP contribution in [0, 0.1) is 0 Å². The van der Waals surface area contributed by atoms with Gasteiger partial charge in [0.1, 0.15) is 7.14 Å². The lowest BCUT2D eigenvalue weighted by molar-refractivity contribution is 0.259. The molecule has 4 heteroatoms. The molecule has 1 fully saturated rings. The highest BCUT2D eigenvalue weighted by atomic mass is 31.2. The van der Waals surface area contributed by atoms with Gasteiger partial charge in [0.15, 0.2) is 0 Å². The topological polar surface area (TPSA) is 23.6 Å². The molecule has 0 spiro atoms. The summed E-state index contributed by atoms with van der Waals surface area (Å²) in [6.45, 7) is 7.54. The van der Waals surface area contributed by atoms with E-state index in [4.69, 9.17) is 0 Å². The quantitative estimate of drug-likeness (QED) is 0.648. The zero-order chi connectivity index (χ0) is 18.2. The maximum atomic E-state index is 13.5. The fourth-order valence-electron chi connectivity index (χ4n) is 3.85. The van der Waals surface area contributed by atoms with Gasteiger partial charge in [-0.15, -0.1) is 0 Å². The molecular formula is C22H31N2OP. The second-order valence-electron chi connectivity index (χ2n) is 7.19. The van der Waals surface area contributed by atoms with E-state index in [1.807, 2.05) is 18.2 Å². The van der Waals surface area contributed by atoms with Crippen LogP contribution in [0.15, 0.2) is 60.7 Å². The number of anilines is 1. The van der Waals surface area contributed by atoms with Crippen molar-refractivity contribution in [1.29, 1.82) is 0 Å². The predicted molar refractivity (Wildman–Crippen MR) is 113 cm³/mol. The van der Waals surface area contributed by atoms with Crippen LogP contribution in [0.1, 0.15) is 19.8 Å². The molecule has 0 saturated carbocycles. The molecule has 2 aromatic carbocycles. The van der Waals surface area contributed by atoms with Crippen LogP contribution >= 0.6 is 7.14 Å². The van der Waals surface area contributed by atoms with Crippen LogP contribution in [-0.4, -0.2) is 49.9 Å². The fourth-order valence-corrected chi connectivity index (χ4v) is 6.68. The van der Waals surface area contributed by atoms with E-state index in [0.29, 0.717) is 0 Å². The molecule has 1 unspecified atom stereocenters. The second-order valence-corrected chi connectivity index (χ2v) is 10.4. The maximum Gasteiger partial charge on any atom is 0.115 e. The minimum Gasteiger partial charge on any atom is -0.369 e. The van der Waals surface area contributed by atoms with Crippen molar-refractivity contribution in [2.24, 2.45) is 0 Å². The van der Waals surface area contributed by atoms with Gasteiger partial charge in [0.25, 0.3) is 0 Å². The van der Waals surface area contributed by atoms with Crippen LogP contribution in [-0.2, 0) is 4.57 Å². The van der Waals surface area contributed by atoms with E-state index in [2.05, 4.69) is 59.2 Å². The molecule has 1 atom stereocenters. The van der Waals surface area contributed by atoms with E-state index in [1.165, 1.54) is 5.69 Å². The summed E-state index contributed by atoms with van der Waals surface area (Å²) >= 11 is 0. The largest absolute Gasteiger partial charge is 0.369 e. The summed E-state index contributed by atoms with van der Waals surface area (Å²) in [6, 6.07) is 20.8. The Labute approximate surface area is 158 Å². The van der Waals surface area contributed by atoms with Crippen molar-refractivity contribution >= 4 is 18.1 Å². The van der Waals surface area contributed by atoms with Gasteiger partial charge in [-0.2, -0.15) is 0 Å². The fraction of sp³-hybridized carbons (Fsp3) is 0.455. The van der Waals surface area contributed by atoms with Crippen molar-refractivity contribution in [2.45, 2.75) is 19.8 Å². The lowest BCUT2D eigenvalue weighted by atomic mass is 10.2. The van der Waals surface area contributed by atoms with Crippen LogP contribution in [0.25, 0.3) is 0 Å². The van der Waals surface area contributed by atoms with Crippen molar-refractivity contribution in [3.63, 3.8) is 0 Å². The van der Waals surface area contributed by atoms with Crippen LogP contribution in [0.5, 0.6) is 0 Å². The lowest BCUT2D eigenvalue weighted by Crippen LogP contribution is -2.46. The van der Waals surface area contributed by atoms with Gasteiger partial charge in [0, 0.05) is 49.5 Å². The van der Waals surface area contributed by atoms with Gasteiger partial charge in [0.2, 0.25) is 0 Å². The van der Waals surface area contributed by atoms with Crippen LogP contribution in [0.3, 0.4) is 0 Å². The van der Waals surface area contributed by atoms with Gasteiger partial charge in [-0.1, -0.05) is 55.5 Å². The van der Waals surface area contributed by atoms with Gasteiger partial charge in [-0.25, -0.2) is 0 Å². The number of piperazine rings is 1. The van der Waals surface area contributed by atoms with Crippen LogP contribution < -0.4 is 10.2 Å². The van der Waals surface area contributed by atoms with Crippen LogP contribution in [0.2, 0.25) is 0 Å². The summed E-state index contributed by atoms with van der Waals surface area (Å²) in [4.78, 5) is 4.99. The molecule has 1 saturated heterocycles. The molecular weight excluding hydrogens is 339 g/mol. The Kier molecular flexibility index (Phi) is 6.93. The van der Waals surface area contributed by atoms with E-state index < -0.39 is 7.14 Å². The van der Waals surface area contributed by atoms with Crippen molar-refractivity contribution in [2.75, 3.05) is 49.9 Å². The molecule has 0 amide bonds. The summed E-state index contributed by atoms with van der Waals surface area (Å²) in [6.07, 6.45) is 3.68. The van der Waals surface area contributed by atoms with E-state index in [-0.39, 0.29) is 0 Å². The Bertz CT molecular complexity index is 697. The van der Waals surface area contributed by atoms with Gasteiger partial charge in [0.05, 0.1) is 0 Å². The minimum absolute atomic E-state index is 0.832. The molecule has 1 heterocycles. The maximum absolute atomic E-state index is 13.5. The molecule has 140 valence electrons. The average molecular weight is 370 g/mol. The van der Waals surface area contributed by atoms with Gasteiger partial charge in [-0.05, 0) is 31.5 Å². The van der Waals surface area contributed by atoms with E-state index in [0.717, 1.165) is 63.2 Å². The summed E-state index contributed by atoms with van der Waals surface area (Å²) in [5, 5.41) is 1.07. The number of hydrogen-bond acceptors (Lipinski definition) is 3. The Morgan fingerprint density at radius 1 is 0.846 bits per heavy atom. The van der Waals surface area contributed by atoms with E-state index >= 15 is 0 Å². The third-order valence-electron chi connectivity index (χ3n) is 5.30. The Morgan fingerprint density at radius 2 is 1.46 bits per heavy atom. The lowest BCUT2D eigenvalue weighted by Gasteiger charge is -2.36. The molecule has 0 bridgehead atoms. The molecule has 1 aliphatic rings. The predicted octanol–water partition coefficient (Wildman–Crippen LogP) is 4.30. The summed E-state index contributed by atoms with van der Waals surface area (Å²) < 4.78 is 13.5. The molecule has 0 N–H and O–H groups in total. The smallest absolute Gasteiger partial charge is 0.115 e. The van der Waals surface area contributed by atoms with Gasteiger partial charge in [-0.3, -0.25) is 4.90 Å². The summed E-state index contributed by atoms with van der Waals surface area (Å²) in [7, 11) is -2.24. The van der Waals surface area contributed by atoms with Crippen LogP contribution in [0.4, 0.5) is 5.69 Å². The Hall–Kier alpha value is -1.57. The Morgan fingerprint density at radius 3 is 2.08 bits per heavy atom. The number of hydrogen-bond donors (Lipinski definition) is 0. The third kappa shape index (κ3) is 4.99. The molecule has 0 aliphatic carbocycles. The monoisotopic (exact) mass is 370 g/mol. The zero-order valence-corrected chi connectivity index (χ0v) is 16.8. The number of nitrogens with zero attached hydrogens (tertiary/aromatic N) is 2. The van der Waals surface area contributed by atoms with Gasteiger partial charge >= 0.3 is 0 Å². The zero-order valence-electron chi connectivity index (χ0n) is 15.9. The summed E-state index contributed by atoms with van der Waals surface area (Å²) in [5.74, 6) is 0. The molecule has 26 heavy (non-hydrogen) atoms. The highest BCUT2D eigenvalue weighted by molar-refractivity contribution is 7.71. The molecule has 2 aromatic rings. The van der Waals surface area contributed by atoms with Crippen molar-refractivity contribution < 1.29 is 4.57 Å². The molecule has 3 rings (SSSR count). The first kappa shape index (κ1) is 19.2. The highest BCUT2D eigenvalue weighted by Gasteiger charge is 2.24. The van der Waals surface area contributed by atoms with E-state index in [1.54, 1.807) is 0 Å². The molecule has 1 aliphatic heterocycles. The average Bonchev–Trinajstić information content (AvgIpc) is 2.70. The van der Waals surface area contributed by atoms with Crippen molar-refractivity contribution in [1.82, 2.24) is 4.90 Å². The first-order chi connectivity index (χ1) is 12.7. The number of benzene rings is 2. The van der Waals surface area contributed by atoms with Crippen molar-refractivity contribution in [3.05, 3.63) is 60.7 Å².